The second-order valence-corrected chi connectivity index (χ2v) is 3.64. The number of phenols is 3. The third-order valence-electron chi connectivity index (χ3n) is 2.03. The van der Waals surface area contributed by atoms with Crippen LogP contribution in [0.4, 0.5) is 0 Å². The molecule has 0 aliphatic rings. The zero-order valence-electron chi connectivity index (χ0n) is 8.12. The van der Waals surface area contributed by atoms with Gasteiger partial charge in [-0.15, -0.1) is 0 Å². The van der Waals surface area contributed by atoms with Gasteiger partial charge < -0.3 is 20.1 Å². The molecule has 0 saturated carbocycles. The molecule has 0 spiro atoms. The first-order valence-corrected chi connectivity index (χ1v) is 4.73. The number of rotatable bonds is 3. The summed E-state index contributed by atoms with van der Waals surface area (Å²) in [4.78, 5) is 10.7. The van der Waals surface area contributed by atoms with E-state index in [0.29, 0.717) is 0 Å². The Balaban J connectivity index is 3.07. The predicted molar refractivity (Wildman–Crippen MR) is 55.4 cm³/mol. The molecule has 0 amide bonds. The van der Waals surface area contributed by atoms with Gasteiger partial charge in [0, 0.05) is 18.1 Å². The Morgan fingerprint density at radius 2 is 1.93 bits per heavy atom. The number of hydrogen-bond donors (Lipinski definition) is 3. The van der Waals surface area contributed by atoms with Crippen LogP contribution in [0.15, 0.2) is 6.07 Å². The Labute approximate surface area is 91.7 Å². The van der Waals surface area contributed by atoms with Crippen LogP contribution in [0.5, 0.6) is 17.2 Å². The van der Waals surface area contributed by atoms with Crippen LogP contribution in [0.2, 0.25) is 5.02 Å². The molecular weight excluding hydrogens is 220 g/mol. The monoisotopic (exact) mass is 230 g/mol. The van der Waals surface area contributed by atoms with E-state index in [0.717, 1.165) is 6.07 Å². The molecule has 3 N–H and O–H groups in total. The highest BCUT2D eigenvalue weighted by atomic mass is 35.5. The highest BCUT2D eigenvalue weighted by molar-refractivity contribution is 6.33. The van der Waals surface area contributed by atoms with Crippen LogP contribution in [0.3, 0.4) is 0 Å². The van der Waals surface area contributed by atoms with Crippen LogP contribution < -0.4 is 0 Å². The fraction of sp³-hybridized carbons (Fsp3) is 0.300. The van der Waals surface area contributed by atoms with E-state index in [1.807, 2.05) is 0 Å². The maximum atomic E-state index is 10.7. The van der Waals surface area contributed by atoms with Crippen molar-refractivity contribution in [2.24, 2.45) is 0 Å². The van der Waals surface area contributed by atoms with E-state index < -0.39 is 5.75 Å². The number of phenolic OH excluding ortho intramolecular Hbond substituents is 3. The van der Waals surface area contributed by atoms with E-state index in [9.17, 15) is 15.0 Å². The Bertz CT molecular complexity index is 401. The minimum absolute atomic E-state index is 0.0574. The van der Waals surface area contributed by atoms with Gasteiger partial charge in [0.1, 0.15) is 28.1 Å². The van der Waals surface area contributed by atoms with Crippen molar-refractivity contribution in [3.8, 4) is 17.2 Å². The standard InChI is InChI=1S/C10H11ClO4/c1-5(12)2-3-6-7(13)4-8(14)9(11)10(6)15/h4,13-15H,2-3H2,1H3. The van der Waals surface area contributed by atoms with Crippen molar-refractivity contribution in [2.75, 3.05) is 0 Å². The fourth-order valence-corrected chi connectivity index (χ4v) is 1.37. The second-order valence-electron chi connectivity index (χ2n) is 3.26. The Morgan fingerprint density at radius 1 is 1.33 bits per heavy atom. The largest absolute Gasteiger partial charge is 0.507 e. The molecule has 0 heterocycles. The van der Waals surface area contributed by atoms with Crippen LogP contribution >= 0.6 is 11.6 Å². The van der Waals surface area contributed by atoms with Crippen molar-refractivity contribution < 1.29 is 20.1 Å². The van der Waals surface area contributed by atoms with E-state index >= 15 is 0 Å². The molecular formula is C10H11ClO4. The lowest BCUT2D eigenvalue weighted by atomic mass is 10.1. The molecule has 0 aromatic heterocycles. The average molecular weight is 231 g/mol. The first-order valence-electron chi connectivity index (χ1n) is 4.35. The molecule has 82 valence electrons. The lowest BCUT2D eigenvalue weighted by molar-refractivity contribution is -0.116. The summed E-state index contributed by atoms with van der Waals surface area (Å²) in [5.74, 6) is -1.10. The van der Waals surface area contributed by atoms with E-state index in [1.165, 1.54) is 6.92 Å². The van der Waals surface area contributed by atoms with E-state index in [1.54, 1.807) is 0 Å². The van der Waals surface area contributed by atoms with E-state index in [2.05, 4.69) is 0 Å². The number of hydrogen-bond acceptors (Lipinski definition) is 4. The summed E-state index contributed by atoms with van der Waals surface area (Å²) >= 11 is 5.57. The van der Waals surface area contributed by atoms with Crippen LogP contribution in [0.25, 0.3) is 0 Å². The van der Waals surface area contributed by atoms with Crippen LogP contribution in [0.1, 0.15) is 18.9 Å². The normalized spacial score (nSPS) is 10.3. The third-order valence-corrected chi connectivity index (χ3v) is 2.40. The molecule has 0 aliphatic carbocycles. The molecule has 0 unspecified atom stereocenters. The topological polar surface area (TPSA) is 77.8 Å². The van der Waals surface area contributed by atoms with Gasteiger partial charge in [0.25, 0.3) is 0 Å². The van der Waals surface area contributed by atoms with E-state index in [4.69, 9.17) is 16.7 Å². The smallest absolute Gasteiger partial charge is 0.144 e. The van der Waals surface area contributed by atoms with Crippen molar-refractivity contribution >= 4 is 17.4 Å². The molecule has 0 bridgehead atoms. The number of halogens is 1. The number of aromatic hydroxyl groups is 3. The minimum Gasteiger partial charge on any atom is -0.507 e. The van der Waals surface area contributed by atoms with Crippen molar-refractivity contribution in [3.63, 3.8) is 0 Å². The number of benzene rings is 1. The molecule has 0 saturated heterocycles. The summed E-state index contributed by atoms with van der Waals surface area (Å²) < 4.78 is 0. The summed E-state index contributed by atoms with van der Waals surface area (Å²) in [7, 11) is 0. The van der Waals surface area contributed by atoms with Crippen LogP contribution in [-0.4, -0.2) is 21.1 Å². The van der Waals surface area contributed by atoms with Crippen LogP contribution in [0, 0.1) is 0 Å². The maximum Gasteiger partial charge on any atom is 0.144 e. The van der Waals surface area contributed by atoms with Gasteiger partial charge in [0.2, 0.25) is 0 Å². The zero-order valence-corrected chi connectivity index (χ0v) is 8.88. The van der Waals surface area contributed by atoms with Gasteiger partial charge in [0.05, 0.1) is 0 Å². The molecule has 0 aliphatic heterocycles. The molecule has 4 nitrogen and oxygen atoms in total. The molecule has 1 aromatic carbocycles. The molecule has 1 rings (SSSR count). The molecule has 15 heavy (non-hydrogen) atoms. The molecule has 1 aromatic rings. The van der Waals surface area contributed by atoms with Gasteiger partial charge in [-0.25, -0.2) is 0 Å². The van der Waals surface area contributed by atoms with E-state index in [-0.39, 0.29) is 40.7 Å². The van der Waals surface area contributed by atoms with Crippen LogP contribution in [-0.2, 0) is 11.2 Å². The molecule has 0 radical (unpaired) electrons. The number of carbonyl (C=O) groups is 1. The Kier molecular flexibility index (Phi) is 3.42. The van der Waals surface area contributed by atoms with Crippen molar-refractivity contribution in [3.05, 3.63) is 16.7 Å². The van der Waals surface area contributed by atoms with Crippen molar-refractivity contribution in [1.29, 1.82) is 0 Å². The van der Waals surface area contributed by atoms with Crippen molar-refractivity contribution in [2.45, 2.75) is 19.8 Å². The Morgan fingerprint density at radius 3 is 2.47 bits per heavy atom. The molecule has 0 fully saturated rings. The molecule has 0 atom stereocenters. The highest BCUT2D eigenvalue weighted by Gasteiger charge is 2.15. The summed E-state index contributed by atoms with van der Waals surface area (Å²) in [6.45, 7) is 1.41. The maximum absolute atomic E-state index is 10.7. The first kappa shape index (κ1) is 11.7. The SMILES string of the molecule is CC(=O)CCc1c(O)cc(O)c(Cl)c1O. The summed E-state index contributed by atoms with van der Waals surface area (Å²) in [5, 5.41) is 27.9. The van der Waals surface area contributed by atoms with Gasteiger partial charge in [-0.1, -0.05) is 11.6 Å². The average Bonchev–Trinajstić information content (AvgIpc) is 2.14. The lowest BCUT2D eigenvalue weighted by Gasteiger charge is -2.09. The number of ketones is 1. The fourth-order valence-electron chi connectivity index (χ4n) is 1.20. The summed E-state index contributed by atoms with van der Waals surface area (Å²) in [5.41, 5.74) is 0.174. The minimum atomic E-state index is -0.391. The Hall–Kier alpha value is -1.42. The van der Waals surface area contributed by atoms with Gasteiger partial charge >= 0.3 is 0 Å². The van der Waals surface area contributed by atoms with Crippen molar-refractivity contribution in [1.82, 2.24) is 0 Å². The van der Waals surface area contributed by atoms with Gasteiger partial charge in [-0.2, -0.15) is 0 Å². The second kappa shape index (κ2) is 4.40. The quantitative estimate of drug-likeness (QED) is 0.742. The summed E-state index contributed by atoms with van der Waals surface area (Å²) in [6.07, 6.45) is 0.384. The zero-order chi connectivity index (χ0) is 11.6. The number of Topliss-reactive ketones (excluding diaryl/α,β-unsaturated/α-hetero) is 1. The van der Waals surface area contributed by atoms with Gasteiger partial charge in [0.15, 0.2) is 0 Å². The third kappa shape index (κ3) is 2.53. The highest BCUT2D eigenvalue weighted by Crippen LogP contribution is 2.41. The predicted octanol–water partition coefficient (Wildman–Crippen LogP) is 1.98. The van der Waals surface area contributed by atoms with Gasteiger partial charge in [-0.05, 0) is 13.3 Å². The number of carbonyl (C=O) groups excluding carboxylic acids is 1. The molecule has 5 heteroatoms. The summed E-state index contributed by atoms with van der Waals surface area (Å²) in [6, 6.07) is 1.04. The first-order chi connectivity index (χ1) is 6.93. The van der Waals surface area contributed by atoms with Gasteiger partial charge in [-0.3, -0.25) is 0 Å². The lowest BCUT2D eigenvalue weighted by Crippen LogP contribution is -1.95.